The third-order valence-corrected chi connectivity index (χ3v) is 6.40. The van der Waals surface area contributed by atoms with Crippen molar-refractivity contribution in [1.29, 1.82) is 0 Å². The Hall–Kier alpha value is -4.72. The van der Waals surface area contributed by atoms with Gasteiger partial charge in [0.1, 0.15) is 5.75 Å². The molecule has 4 aromatic rings. The zero-order valence-corrected chi connectivity index (χ0v) is 21.8. The van der Waals surface area contributed by atoms with Crippen LogP contribution in [0.5, 0.6) is 5.75 Å². The van der Waals surface area contributed by atoms with Crippen LogP contribution in [0.4, 0.5) is 5.69 Å². The topological polar surface area (TPSA) is 98.1 Å². The number of fused-ring (bicyclic) bond motifs is 1. The molecule has 0 fully saturated rings. The van der Waals surface area contributed by atoms with Crippen LogP contribution in [0.1, 0.15) is 51.5 Å². The van der Waals surface area contributed by atoms with E-state index in [1.807, 2.05) is 48.5 Å². The van der Waals surface area contributed by atoms with Crippen LogP contribution in [-0.4, -0.2) is 39.3 Å². The highest BCUT2D eigenvalue weighted by Crippen LogP contribution is 2.32. The Morgan fingerprint density at radius 2 is 1.76 bits per heavy atom. The summed E-state index contributed by atoms with van der Waals surface area (Å²) in [6.07, 6.45) is 2.46. The molecular weight excluding hydrogens is 478 g/mol. The summed E-state index contributed by atoms with van der Waals surface area (Å²) in [7, 11) is 1.63. The normalized spacial score (nSPS) is 14.9. The Morgan fingerprint density at radius 3 is 2.47 bits per heavy atom. The number of benzene rings is 3. The highest BCUT2D eigenvalue weighted by atomic mass is 16.5. The molecule has 0 bridgehead atoms. The number of aryl methyl sites for hydroxylation is 1. The van der Waals surface area contributed by atoms with E-state index in [0.717, 1.165) is 34.7 Å². The van der Waals surface area contributed by atoms with E-state index in [9.17, 15) is 9.59 Å². The molecule has 1 aliphatic heterocycles. The van der Waals surface area contributed by atoms with Crippen LogP contribution in [-0.2, 0) is 6.42 Å². The van der Waals surface area contributed by atoms with Crippen LogP contribution in [0, 0.1) is 6.92 Å². The van der Waals surface area contributed by atoms with Gasteiger partial charge >= 0.3 is 0 Å². The van der Waals surface area contributed by atoms with Gasteiger partial charge in [0.25, 0.3) is 5.91 Å². The van der Waals surface area contributed by atoms with Crippen LogP contribution in [0.2, 0.25) is 0 Å². The summed E-state index contributed by atoms with van der Waals surface area (Å²) in [6.45, 7) is 5.96. The van der Waals surface area contributed by atoms with Crippen molar-refractivity contribution in [3.8, 4) is 11.4 Å². The number of nitrogens with zero attached hydrogens (tertiary/aromatic N) is 3. The zero-order chi connectivity index (χ0) is 26.9. The van der Waals surface area contributed by atoms with Crippen LogP contribution in [0.15, 0.2) is 78.9 Å². The number of amides is 1. The standard InChI is InChI=1S/C30H29N5O3/c1-19-28(34-35(33-19)23-8-6-5-7-9-23)29(37)31-22-13-10-20(11-14-22)27(36)17-26-25-16-24(38-4)15-12-21(25)18-30(2,3)32-26/h5-17,32H,18H2,1-4H3,(H,31,37). The number of para-hydroxylation sites is 1. The van der Waals surface area contributed by atoms with Crippen molar-refractivity contribution in [1.82, 2.24) is 20.3 Å². The average molecular weight is 508 g/mol. The molecule has 0 atom stereocenters. The predicted octanol–water partition coefficient (Wildman–Crippen LogP) is 4.98. The second-order valence-corrected chi connectivity index (χ2v) is 9.92. The first-order chi connectivity index (χ1) is 18.2. The fourth-order valence-electron chi connectivity index (χ4n) is 4.54. The molecule has 3 aromatic carbocycles. The number of carbonyl (C=O) groups is 2. The van der Waals surface area contributed by atoms with E-state index >= 15 is 0 Å². The molecule has 1 aliphatic rings. The van der Waals surface area contributed by atoms with Crippen LogP contribution >= 0.6 is 0 Å². The average Bonchev–Trinajstić information content (AvgIpc) is 3.30. The van der Waals surface area contributed by atoms with E-state index in [1.165, 1.54) is 4.80 Å². The lowest BCUT2D eigenvalue weighted by atomic mass is 9.85. The Kier molecular flexibility index (Phi) is 6.55. The van der Waals surface area contributed by atoms with Crippen LogP contribution in [0.3, 0.4) is 0 Å². The Morgan fingerprint density at radius 1 is 1.03 bits per heavy atom. The largest absolute Gasteiger partial charge is 0.497 e. The molecule has 2 N–H and O–H groups in total. The maximum atomic E-state index is 13.2. The van der Waals surface area contributed by atoms with Crippen molar-refractivity contribution in [2.45, 2.75) is 32.7 Å². The number of ketones is 1. The molecule has 192 valence electrons. The predicted molar refractivity (Wildman–Crippen MR) is 147 cm³/mol. The van der Waals surface area contributed by atoms with Crippen molar-refractivity contribution in [2.75, 3.05) is 12.4 Å². The quantitative estimate of drug-likeness (QED) is 0.282. The molecule has 0 radical (unpaired) electrons. The highest BCUT2D eigenvalue weighted by Gasteiger charge is 2.28. The van der Waals surface area contributed by atoms with Gasteiger partial charge < -0.3 is 15.4 Å². The molecule has 5 rings (SSSR count). The molecule has 0 unspecified atom stereocenters. The molecule has 1 aromatic heterocycles. The molecule has 0 spiro atoms. The van der Waals surface area contributed by atoms with Crippen LogP contribution in [0.25, 0.3) is 11.4 Å². The third-order valence-electron chi connectivity index (χ3n) is 6.40. The second-order valence-electron chi connectivity index (χ2n) is 9.92. The maximum Gasteiger partial charge on any atom is 0.278 e. The number of anilines is 1. The number of carbonyl (C=O) groups excluding carboxylic acids is 2. The minimum Gasteiger partial charge on any atom is -0.497 e. The van der Waals surface area contributed by atoms with Crippen molar-refractivity contribution in [3.05, 3.63) is 107 Å². The fraction of sp³-hybridized carbons (Fsp3) is 0.200. The highest BCUT2D eigenvalue weighted by molar-refractivity contribution is 6.09. The van der Waals surface area contributed by atoms with E-state index in [2.05, 4.69) is 34.7 Å². The number of rotatable bonds is 6. The molecular formula is C30H29N5O3. The van der Waals surface area contributed by atoms with Gasteiger partial charge in [-0.05, 0) is 81.3 Å². The van der Waals surface area contributed by atoms with Gasteiger partial charge in [-0.3, -0.25) is 9.59 Å². The zero-order valence-electron chi connectivity index (χ0n) is 21.8. The first kappa shape index (κ1) is 25.0. The minimum atomic E-state index is -0.370. The summed E-state index contributed by atoms with van der Waals surface area (Å²) in [5, 5.41) is 15.0. The summed E-state index contributed by atoms with van der Waals surface area (Å²) in [6, 6.07) is 22.1. The van der Waals surface area contributed by atoms with E-state index < -0.39 is 0 Å². The van der Waals surface area contributed by atoms with Gasteiger partial charge in [0.2, 0.25) is 0 Å². The Bertz CT molecular complexity index is 1540. The first-order valence-electron chi connectivity index (χ1n) is 12.3. The third kappa shape index (κ3) is 5.20. The SMILES string of the molecule is COc1ccc2c(c1)C(=CC(=O)c1ccc(NC(=O)c3nn(-c4ccccc4)nc3C)cc1)NC(C)(C)C2. The Labute approximate surface area is 221 Å². The molecule has 2 heterocycles. The lowest BCUT2D eigenvalue weighted by molar-refractivity contribution is 0.101. The van der Waals surface area contributed by atoms with Crippen molar-refractivity contribution >= 4 is 23.1 Å². The number of ether oxygens (including phenoxy) is 1. The van der Waals surface area contributed by atoms with E-state index in [1.54, 1.807) is 44.4 Å². The van der Waals surface area contributed by atoms with Gasteiger partial charge in [0, 0.05) is 34.1 Å². The molecule has 38 heavy (non-hydrogen) atoms. The molecule has 1 amide bonds. The number of hydrogen-bond acceptors (Lipinski definition) is 6. The van der Waals surface area contributed by atoms with Crippen molar-refractivity contribution < 1.29 is 14.3 Å². The van der Waals surface area contributed by atoms with Gasteiger partial charge in [0.05, 0.1) is 18.5 Å². The van der Waals surface area contributed by atoms with E-state index in [4.69, 9.17) is 4.74 Å². The summed E-state index contributed by atoms with van der Waals surface area (Å²) < 4.78 is 5.39. The summed E-state index contributed by atoms with van der Waals surface area (Å²) in [5.74, 6) is 0.228. The number of aromatic nitrogens is 3. The van der Waals surface area contributed by atoms with Gasteiger partial charge in [-0.15, -0.1) is 5.10 Å². The smallest absolute Gasteiger partial charge is 0.278 e. The number of hydrogen-bond donors (Lipinski definition) is 2. The number of allylic oxidation sites excluding steroid dienone is 1. The maximum absolute atomic E-state index is 13.2. The molecule has 8 heteroatoms. The van der Waals surface area contributed by atoms with Gasteiger partial charge in [-0.2, -0.15) is 9.90 Å². The molecule has 0 aliphatic carbocycles. The van der Waals surface area contributed by atoms with Gasteiger partial charge in [-0.25, -0.2) is 0 Å². The number of nitrogens with one attached hydrogen (secondary N) is 2. The summed E-state index contributed by atoms with van der Waals surface area (Å²) in [4.78, 5) is 27.5. The first-order valence-corrected chi connectivity index (χ1v) is 12.3. The van der Waals surface area contributed by atoms with Crippen LogP contribution < -0.4 is 15.4 Å². The van der Waals surface area contributed by atoms with Crippen molar-refractivity contribution in [2.24, 2.45) is 0 Å². The van der Waals surface area contributed by atoms with Crippen molar-refractivity contribution in [3.63, 3.8) is 0 Å². The monoisotopic (exact) mass is 507 g/mol. The molecule has 0 saturated heterocycles. The minimum absolute atomic E-state index is 0.140. The fourth-order valence-corrected chi connectivity index (χ4v) is 4.54. The van der Waals surface area contributed by atoms with E-state index in [0.29, 0.717) is 16.9 Å². The Balaban J connectivity index is 1.33. The molecule has 0 saturated carbocycles. The lowest BCUT2D eigenvalue weighted by Crippen LogP contribution is -2.43. The van der Waals surface area contributed by atoms with E-state index in [-0.39, 0.29) is 22.9 Å². The van der Waals surface area contributed by atoms with Gasteiger partial charge in [-0.1, -0.05) is 24.3 Å². The number of methoxy groups -OCH3 is 1. The summed E-state index contributed by atoms with van der Waals surface area (Å²) in [5.41, 5.74) is 5.27. The van der Waals surface area contributed by atoms with Gasteiger partial charge in [0.15, 0.2) is 11.5 Å². The molecule has 8 nitrogen and oxygen atoms in total. The second kappa shape index (κ2) is 9.97. The summed E-state index contributed by atoms with van der Waals surface area (Å²) >= 11 is 0. The lowest BCUT2D eigenvalue weighted by Gasteiger charge is -2.35.